The number of rotatable bonds is 3. The largest absolute Gasteiger partial charge is 0.342 e. The summed E-state index contributed by atoms with van der Waals surface area (Å²) in [6.45, 7) is 6.97. The molecule has 0 radical (unpaired) electrons. The monoisotopic (exact) mass is 211 g/mol. The summed E-state index contributed by atoms with van der Waals surface area (Å²) in [6.07, 6.45) is 0. The van der Waals surface area contributed by atoms with Crippen LogP contribution in [0.25, 0.3) is 0 Å². The summed E-state index contributed by atoms with van der Waals surface area (Å²) in [5.41, 5.74) is 0.00606. The van der Waals surface area contributed by atoms with Crippen LogP contribution >= 0.6 is 35.6 Å². The Kier molecular flexibility index (Phi) is 6.38. The van der Waals surface area contributed by atoms with E-state index in [1.807, 2.05) is 11.8 Å². The van der Waals surface area contributed by atoms with Gasteiger partial charge in [0, 0.05) is 6.54 Å². The van der Waals surface area contributed by atoms with Crippen molar-refractivity contribution in [1.82, 2.24) is 4.90 Å². The minimum Gasteiger partial charge on any atom is -0.342 e. The van der Waals surface area contributed by atoms with Gasteiger partial charge in [0.25, 0.3) is 0 Å². The number of halogens is 1. The van der Waals surface area contributed by atoms with E-state index in [-0.39, 0.29) is 5.50 Å². The fraction of sp³-hybridized carbons (Fsp3) is 0.857. The molecule has 0 heterocycles. The van der Waals surface area contributed by atoms with Gasteiger partial charge in [-0.25, -0.2) is 0 Å². The Morgan fingerprint density at radius 3 is 2.45 bits per heavy atom. The maximum atomic E-state index is 5.90. The van der Waals surface area contributed by atoms with Gasteiger partial charge in [-0.3, -0.25) is 0 Å². The van der Waals surface area contributed by atoms with Crippen LogP contribution in [0, 0.1) is 0 Å². The molecule has 0 aliphatic heterocycles. The molecule has 11 heavy (non-hydrogen) atoms. The van der Waals surface area contributed by atoms with E-state index in [9.17, 15) is 0 Å². The third-order valence-corrected chi connectivity index (χ3v) is 2.87. The second-order valence-electron chi connectivity index (χ2n) is 2.06. The average molecular weight is 212 g/mol. The molecule has 0 spiro atoms. The molecule has 1 nitrogen and oxygen atoms in total. The summed E-state index contributed by atoms with van der Waals surface area (Å²) in [5.74, 6) is 1.01. The summed E-state index contributed by atoms with van der Waals surface area (Å²) >= 11 is 12.7. The molecule has 0 saturated carbocycles. The van der Waals surface area contributed by atoms with Gasteiger partial charge in [-0.1, -0.05) is 42.5 Å². The highest BCUT2D eigenvalue weighted by Gasteiger charge is 2.11. The highest BCUT2D eigenvalue weighted by molar-refractivity contribution is 8.22. The second kappa shape index (κ2) is 6.09. The predicted molar refractivity (Wildman–Crippen MR) is 58.4 cm³/mol. The topological polar surface area (TPSA) is 3.24 Å². The van der Waals surface area contributed by atoms with Crippen molar-refractivity contribution in [2.24, 2.45) is 0 Å². The number of thiocarbonyl (C=S) groups is 1. The van der Waals surface area contributed by atoms with E-state index in [2.05, 4.69) is 13.8 Å². The molecular weight excluding hydrogens is 198 g/mol. The molecule has 0 aliphatic carbocycles. The van der Waals surface area contributed by atoms with Crippen molar-refractivity contribution < 1.29 is 0 Å². The van der Waals surface area contributed by atoms with Crippen LogP contribution in [0.15, 0.2) is 0 Å². The Labute approximate surface area is 83.5 Å². The van der Waals surface area contributed by atoms with Crippen LogP contribution in [0.4, 0.5) is 0 Å². The van der Waals surface area contributed by atoms with Crippen molar-refractivity contribution in [3.05, 3.63) is 0 Å². The van der Waals surface area contributed by atoms with E-state index in [0.29, 0.717) is 0 Å². The number of thioether (sulfide) groups is 1. The molecule has 0 saturated heterocycles. The Hall–Kier alpha value is 0.530. The highest BCUT2D eigenvalue weighted by Crippen LogP contribution is 2.13. The molecule has 4 heteroatoms. The van der Waals surface area contributed by atoms with Gasteiger partial charge >= 0.3 is 0 Å². The first kappa shape index (κ1) is 11.5. The molecule has 0 aromatic carbocycles. The van der Waals surface area contributed by atoms with Crippen LogP contribution in [0.1, 0.15) is 20.8 Å². The lowest BCUT2D eigenvalue weighted by atomic mass is 10.6. The summed E-state index contributed by atoms with van der Waals surface area (Å²) in [7, 11) is 0. The van der Waals surface area contributed by atoms with E-state index < -0.39 is 0 Å². The lowest BCUT2D eigenvalue weighted by Gasteiger charge is -2.25. The average Bonchev–Trinajstić information content (AvgIpc) is 1.88. The molecule has 0 fully saturated rings. The number of nitrogens with zero attached hydrogens (tertiary/aromatic N) is 1. The van der Waals surface area contributed by atoms with Crippen molar-refractivity contribution in [2.75, 3.05) is 12.3 Å². The van der Waals surface area contributed by atoms with E-state index in [4.69, 9.17) is 23.8 Å². The van der Waals surface area contributed by atoms with Gasteiger partial charge in [-0.15, -0.1) is 0 Å². The Bertz CT molecular complexity index is 128. The van der Waals surface area contributed by atoms with Gasteiger partial charge in [0.1, 0.15) is 9.82 Å². The maximum Gasteiger partial charge on any atom is 0.137 e. The minimum atomic E-state index is 0.00606. The lowest BCUT2D eigenvalue weighted by Crippen LogP contribution is -2.32. The Morgan fingerprint density at radius 1 is 1.64 bits per heavy atom. The molecule has 0 aromatic rings. The third kappa shape index (κ3) is 4.19. The van der Waals surface area contributed by atoms with Crippen molar-refractivity contribution in [3.63, 3.8) is 0 Å². The zero-order chi connectivity index (χ0) is 8.85. The molecule has 0 aliphatic rings. The van der Waals surface area contributed by atoms with Crippen molar-refractivity contribution in [2.45, 2.75) is 26.3 Å². The molecule has 0 rings (SSSR count). The van der Waals surface area contributed by atoms with Crippen molar-refractivity contribution in [3.8, 4) is 0 Å². The summed E-state index contributed by atoms with van der Waals surface area (Å²) < 4.78 is 0.900. The molecule has 0 amide bonds. The Balaban J connectivity index is 3.92. The van der Waals surface area contributed by atoms with Crippen LogP contribution < -0.4 is 0 Å². The molecule has 66 valence electrons. The van der Waals surface area contributed by atoms with Gasteiger partial charge in [0.15, 0.2) is 0 Å². The lowest BCUT2D eigenvalue weighted by molar-refractivity contribution is 0.444. The second-order valence-corrected chi connectivity index (χ2v) is 4.59. The van der Waals surface area contributed by atoms with E-state index >= 15 is 0 Å². The van der Waals surface area contributed by atoms with Crippen LogP contribution in [-0.2, 0) is 0 Å². The number of hydrogen-bond donors (Lipinski definition) is 0. The molecular formula is C7H14ClNS2. The molecule has 1 atom stereocenters. The van der Waals surface area contributed by atoms with Gasteiger partial charge < -0.3 is 4.90 Å². The number of alkyl halides is 1. The van der Waals surface area contributed by atoms with E-state index in [1.165, 1.54) is 0 Å². The fourth-order valence-electron chi connectivity index (χ4n) is 0.732. The van der Waals surface area contributed by atoms with Crippen LogP contribution in [0.5, 0.6) is 0 Å². The fourth-order valence-corrected chi connectivity index (χ4v) is 2.42. The van der Waals surface area contributed by atoms with Gasteiger partial charge in [0.05, 0.1) is 0 Å². The van der Waals surface area contributed by atoms with Crippen LogP contribution in [-0.4, -0.2) is 27.0 Å². The van der Waals surface area contributed by atoms with Crippen molar-refractivity contribution in [1.29, 1.82) is 0 Å². The molecule has 1 unspecified atom stereocenters. The summed E-state index contributed by atoms with van der Waals surface area (Å²) in [6, 6.07) is 0. The highest BCUT2D eigenvalue weighted by atomic mass is 35.5. The van der Waals surface area contributed by atoms with E-state index in [1.54, 1.807) is 11.8 Å². The smallest absolute Gasteiger partial charge is 0.137 e. The summed E-state index contributed by atoms with van der Waals surface area (Å²) in [4.78, 5) is 2.01. The van der Waals surface area contributed by atoms with Gasteiger partial charge in [-0.05, 0) is 19.6 Å². The quantitative estimate of drug-likeness (QED) is 0.402. The first-order chi connectivity index (χ1) is 5.13. The minimum absolute atomic E-state index is 0.00606. The van der Waals surface area contributed by atoms with Crippen LogP contribution in [0.2, 0.25) is 0 Å². The van der Waals surface area contributed by atoms with Gasteiger partial charge in [0.2, 0.25) is 0 Å². The first-order valence-corrected chi connectivity index (χ1v) is 5.54. The number of hydrogen-bond acceptors (Lipinski definition) is 2. The molecule has 0 aromatic heterocycles. The molecule has 0 bridgehead atoms. The SMILES string of the molecule is CCSC(=S)N(CC)C(C)Cl. The standard InChI is InChI=1S/C7H14ClNS2/c1-4-9(6(3)8)7(10)11-5-2/h6H,4-5H2,1-3H3. The Morgan fingerprint density at radius 2 is 2.18 bits per heavy atom. The van der Waals surface area contributed by atoms with E-state index in [0.717, 1.165) is 16.6 Å². The normalized spacial score (nSPS) is 12.7. The van der Waals surface area contributed by atoms with Crippen molar-refractivity contribution >= 4 is 39.9 Å². The first-order valence-electron chi connectivity index (χ1n) is 3.70. The third-order valence-electron chi connectivity index (χ3n) is 1.27. The molecule has 0 N–H and O–H groups in total. The van der Waals surface area contributed by atoms with Crippen LogP contribution in [0.3, 0.4) is 0 Å². The van der Waals surface area contributed by atoms with Gasteiger partial charge in [-0.2, -0.15) is 0 Å². The maximum absolute atomic E-state index is 5.90. The zero-order valence-electron chi connectivity index (χ0n) is 7.13. The summed E-state index contributed by atoms with van der Waals surface area (Å²) in [5, 5.41) is 0. The zero-order valence-corrected chi connectivity index (χ0v) is 9.52. The predicted octanol–water partition coefficient (Wildman–Crippen LogP) is 2.93.